The number of nitrogens with one attached hydrogen (secondary N) is 2. The number of urea groups is 1. The molecule has 0 aliphatic rings. The number of carbonyl (C=O) groups excluding carboxylic acids is 1. The van der Waals surface area contributed by atoms with Crippen LogP contribution in [0.3, 0.4) is 0 Å². The van der Waals surface area contributed by atoms with E-state index in [1.807, 2.05) is 12.1 Å². The lowest BCUT2D eigenvalue weighted by atomic mass is 10.2. The number of amides is 2. The monoisotopic (exact) mass is 410 g/mol. The van der Waals surface area contributed by atoms with Crippen molar-refractivity contribution in [3.05, 3.63) is 83.7 Å². The van der Waals surface area contributed by atoms with Gasteiger partial charge in [0.25, 0.3) is 0 Å². The van der Waals surface area contributed by atoms with Gasteiger partial charge in [-0.15, -0.1) is 0 Å². The molecular weight excluding hydrogens is 387 g/mol. The molecule has 3 aromatic carbocycles. The van der Waals surface area contributed by atoms with Gasteiger partial charge in [0.05, 0.1) is 14.2 Å². The SMILES string of the molecule is COc1ccc(CNC(=O)Nc2cccc(OCc3ccc(F)cc3)c2)cc1OC. The molecule has 0 saturated carbocycles. The van der Waals surface area contributed by atoms with Crippen LogP contribution in [0.4, 0.5) is 14.9 Å². The van der Waals surface area contributed by atoms with Crippen LogP contribution in [-0.4, -0.2) is 20.3 Å². The molecule has 0 aromatic heterocycles. The molecule has 7 heteroatoms. The second kappa shape index (κ2) is 10.2. The highest BCUT2D eigenvalue weighted by molar-refractivity contribution is 5.89. The maximum absolute atomic E-state index is 13.0. The van der Waals surface area contributed by atoms with Gasteiger partial charge in [0.2, 0.25) is 0 Å². The molecule has 3 aromatic rings. The second-order valence-corrected chi connectivity index (χ2v) is 6.44. The molecule has 2 N–H and O–H groups in total. The number of methoxy groups -OCH3 is 2. The van der Waals surface area contributed by atoms with Crippen molar-refractivity contribution in [3.8, 4) is 17.2 Å². The van der Waals surface area contributed by atoms with Crippen LogP contribution < -0.4 is 24.8 Å². The zero-order valence-corrected chi connectivity index (χ0v) is 16.8. The van der Waals surface area contributed by atoms with Gasteiger partial charge < -0.3 is 24.8 Å². The number of ether oxygens (including phenoxy) is 3. The third-order valence-electron chi connectivity index (χ3n) is 4.31. The number of benzene rings is 3. The standard InChI is InChI=1S/C23H23FN2O4/c1-28-21-11-8-17(12-22(21)29-2)14-25-23(27)26-19-4-3-5-20(13-19)30-15-16-6-9-18(24)10-7-16/h3-13H,14-15H2,1-2H3,(H2,25,26,27). The van der Waals surface area contributed by atoms with Gasteiger partial charge in [0, 0.05) is 18.3 Å². The summed E-state index contributed by atoms with van der Waals surface area (Å²) in [6.45, 7) is 0.627. The zero-order chi connectivity index (χ0) is 21.3. The molecule has 0 radical (unpaired) electrons. The van der Waals surface area contributed by atoms with E-state index in [4.69, 9.17) is 14.2 Å². The van der Waals surface area contributed by atoms with E-state index in [-0.39, 0.29) is 11.8 Å². The average molecular weight is 410 g/mol. The van der Waals surface area contributed by atoms with Crippen LogP contribution in [0.25, 0.3) is 0 Å². The van der Waals surface area contributed by atoms with Crippen molar-refractivity contribution >= 4 is 11.7 Å². The third kappa shape index (κ3) is 5.88. The van der Waals surface area contributed by atoms with Crippen molar-refractivity contribution in [2.24, 2.45) is 0 Å². The third-order valence-corrected chi connectivity index (χ3v) is 4.31. The summed E-state index contributed by atoms with van der Waals surface area (Å²) in [4.78, 5) is 12.2. The Morgan fingerprint density at radius 1 is 0.900 bits per heavy atom. The fourth-order valence-electron chi connectivity index (χ4n) is 2.76. The maximum atomic E-state index is 13.0. The van der Waals surface area contributed by atoms with E-state index in [1.165, 1.54) is 12.1 Å². The van der Waals surface area contributed by atoms with Crippen LogP contribution in [-0.2, 0) is 13.2 Å². The van der Waals surface area contributed by atoms with Crippen LogP contribution >= 0.6 is 0 Å². The Morgan fingerprint density at radius 2 is 1.63 bits per heavy atom. The van der Waals surface area contributed by atoms with E-state index >= 15 is 0 Å². The summed E-state index contributed by atoms with van der Waals surface area (Å²) in [6.07, 6.45) is 0. The molecule has 0 aliphatic heterocycles. The Labute approximate surface area is 174 Å². The van der Waals surface area contributed by atoms with E-state index < -0.39 is 0 Å². The Hall–Kier alpha value is -3.74. The Kier molecular flexibility index (Phi) is 7.10. The Balaban J connectivity index is 1.52. The van der Waals surface area contributed by atoms with Gasteiger partial charge in [0.1, 0.15) is 18.2 Å². The number of hydrogen-bond acceptors (Lipinski definition) is 4. The molecule has 156 valence electrons. The number of halogens is 1. The summed E-state index contributed by atoms with van der Waals surface area (Å²) in [5.74, 6) is 1.53. The maximum Gasteiger partial charge on any atom is 0.319 e. The normalized spacial score (nSPS) is 10.2. The van der Waals surface area contributed by atoms with Gasteiger partial charge in [-0.2, -0.15) is 0 Å². The molecule has 0 spiro atoms. The smallest absolute Gasteiger partial charge is 0.319 e. The summed E-state index contributed by atoms with van der Waals surface area (Å²) in [5, 5.41) is 5.57. The van der Waals surface area contributed by atoms with Gasteiger partial charge in [-0.3, -0.25) is 0 Å². The molecule has 30 heavy (non-hydrogen) atoms. The summed E-state index contributed by atoms with van der Waals surface area (Å²) in [7, 11) is 3.13. The van der Waals surface area contributed by atoms with E-state index in [0.717, 1.165) is 11.1 Å². The molecule has 0 heterocycles. The number of anilines is 1. The van der Waals surface area contributed by atoms with E-state index in [1.54, 1.807) is 56.7 Å². The van der Waals surface area contributed by atoms with Gasteiger partial charge in [-0.05, 0) is 47.5 Å². The predicted molar refractivity (Wildman–Crippen MR) is 113 cm³/mol. The molecular formula is C23H23FN2O4. The quantitative estimate of drug-likeness (QED) is 0.563. The fourth-order valence-corrected chi connectivity index (χ4v) is 2.76. The molecule has 0 aliphatic carbocycles. The summed E-state index contributed by atoms with van der Waals surface area (Å²) < 4.78 is 29.2. The Bertz CT molecular complexity index is 993. The van der Waals surface area contributed by atoms with Crippen molar-refractivity contribution in [1.82, 2.24) is 5.32 Å². The van der Waals surface area contributed by atoms with E-state index in [0.29, 0.717) is 36.1 Å². The first kappa shape index (κ1) is 21.0. The number of rotatable bonds is 8. The van der Waals surface area contributed by atoms with Crippen LogP contribution in [0, 0.1) is 5.82 Å². The zero-order valence-electron chi connectivity index (χ0n) is 16.8. The van der Waals surface area contributed by atoms with Crippen molar-refractivity contribution in [2.45, 2.75) is 13.2 Å². The Morgan fingerprint density at radius 3 is 2.37 bits per heavy atom. The second-order valence-electron chi connectivity index (χ2n) is 6.44. The van der Waals surface area contributed by atoms with E-state index in [9.17, 15) is 9.18 Å². The average Bonchev–Trinajstić information content (AvgIpc) is 2.77. The molecule has 0 unspecified atom stereocenters. The number of carbonyl (C=O) groups is 1. The first-order chi connectivity index (χ1) is 14.6. The highest BCUT2D eigenvalue weighted by Crippen LogP contribution is 2.27. The summed E-state index contributed by atoms with van der Waals surface area (Å²) in [6, 6.07) is 18.3. The number of hydrogen-bond donors (Lipinski definition) is 2. The molecule has 0 bridgehead atoms. The van der Waals surface area contributed by atoms with Gasteiger partial charge in [0.15, 0.2) is 11.5 Å². The topological polar surface area (TPSA) is 68.8 Å². The highest BCUT2D eigenvalue weighted by Gasteiger charge is 2.07. The van der Waals surface area contributed by atoms with Crippen LogP contribution in [0.15, 0.2) is 66.7 Å². The highest BCUT2D eigenvalue weighted by atomic mass is 19.1. The molecule has 0 atom stereocenters. The lowest BCUT2D eigenvalue weighted by Gasteiger charge is -2.12. The summed E-state index contributed by atoms with van der Waals surface area (Å²) >= 11 is 0. The predicted octanol–water partition coefficient (Wildman–Crippen LogP) is 4.74. The molecule has 0 fully saturated rings. The first-order valence-electron chi connectivity index (χ1n) is 9.30. The van der Waals surface area contributed by atoms with Crippen LogP contribution in [0.1, 0.15) is 11.1 Å². The van der Waals surface area contributed by atoms with Gasteiger partial charge >= 0.3 is 6.03 Å². The van der Waals surface area contributed by atoms with Crippen molar-refractivity contribution in [2.75, 3.05) is 19.5 Å². The van der Waals surface area contributed by atoms with Gasteiger partial charge in [-0.1, -0.05) is 24.3 Å². The molecule has 6 nitrogen and oxygen atoms in total. The van der Waals surface area contributed by atoms with Crippen LogP contribution in [0.5, 0.6) is 17.2 Å². The lowest BCUT2D eigenvalue weighted by molar-refractivity contribution is 0.251. The van der Waals surface area contributed by atoms with Gasteiger partial charge in [-0.25, -0.2) is 9.18 Å². The van der Waals surface area contributed by atoms with E-state index in [2.05, 4.69) is 10.6 Å². The fraction of sp³-hybridized carbons (Fsp3) is 0.174. The first-order valence-corrected chi connectivity index (χ1v) is 9.30. The minimum Gasteiger partial charge on any atom is -0.493 e. The minimum absolute atomic E-state index is 0.288. The molecule has 3 rings (SSSR count). The largest absolute Gasteiger partial charge is 0.493 e. The molecule has 2 amide bonds. The summed E-state index contributed by atoms with van der Waals surface area (Å²) in [5.41, 5.74) is 2.32. The van der Waals surface area contributed by atoms with Crippen LogP contribution in [0.2, 0.25) is 0 Å². The minimum atomic E-state index is -0.347. The van der Waals surface area contributed by atoms with Crippen molar-refractivity contribution in [3.63, 3.8) is 0 Å². The van der Waals surface area contributed by atoms with Crippen molar-refractivity contribution < 1.29 is 23.4 Å². The van der Waals surface area contributed by atoms with Crippen molar-refractivity contribution in [1.29, 1.82) is 0 Å². The molecule has 0 saturated heterocycles. The lowest BCUT2D eigenvalue weighted by Crippen LogP contribution is -2.28.